The first-order valence-electron chi connectivity index (χ1n) is 8.15. The standard InChI is InChI=1S/C18H25N3/c1-3-11-19-18(17-10-12-20-21(17)4-2)16-13-15(16)14-8-6-5-7-9-14/h5-10,12,15-16,18-19H,3-4,11,13H2,1-2H3. The van der Waals surface area contributed by atoms with Crippen molar-refractivity contribution in [3.8, 4) is 0 Å². The molecular weight excluding hydrogens is 258 g/mol. The van der Waals surface area contributed by atoms with Crippen molar-refractivity contribution in [2.45, 2.75) is 45.2 Å². The Morgan fingerprint density at radius 3 is 2.76 bits per heavy atom. The predicted molar refractivity (Wildman–Crippen MR) is 86.2 cm³/mol. The summed E-state index contributed by atoms with van der Waals surface area (Å²) in [5, 5.41) is 8.20. The fourth-order valence-electron chi connectivity index (χ4n) is 3.31. The highest BCUT2D eigenvalue weighted by Crippen LogP contribution is 2.53. The number of nitrogens with zero attached hydrogens (tertiary/aromatic N) is 2. The van der Waals surface area contributed by atoms with E-state index < -0.39 is 0 Å². The third-order valence-electron chi connectivity index (χ3n) is 4.48. The van der Waals surface area contributed by atoms with Crippen LogP contribution in [0.3, 0.4) is 0 Å². The maximum absolute atomic E-state index is 4.45. The molecule has 3 rings (SSSR count). The van der Waals surface area contributed by atoms with Gasteiger partial charge in [-0.15, -0.1) is 0 Å². The van der Waals surface area contributed by atoms with Gasteiger partial charge < -0.3 is 5.32 Å². The van der Waals surface area contributed by atoms with Crippen molar-refractivity contribution < 1.29 is 0 Å². The van der Waals surface area contributed by atoms with Gasteiger partial charge in [-0.05, 0) is 49.8 Å². The van der Waals surface area contributed by atoms with E-state index in [0.29, 0.717) is 17.9 Å². The van der Waals surface area contributed by atoms with Gasteiger partial charge in [-0.3, -0.25) is 4.68 Å². The van der Waals surface area contributed by atoms with Gasteiger partial charge in [0.2, 0.25) is 0 Å². The van der Waals surface area contributed by atoms with E-state index in [1.54, 1.807) is 0 Å². The lowest BCUT2D eigenvalue weighted by Crippen LogP contribution is -2.27. The molecule has 1 saturated carbocycles. The van der Waals surface area contributed by atoms with Gasteiger partial charge in [0.15, 0.2) is 0 Å². The van der Waals surface area contributed by atoms with Crippen LogP contribution in [0.15, 0.2) is 42.6 Å². The summed E-state index contributed by atoms with van der Waals surface area (Å²) in [5.41, 5.74) is 2.82. The van der Waals surface area contributed by atoms with Crippen LogP contribution in [0.25, 0.3) is 0 Å². The number of rotatable bonds is 7. The van der Waals surface area contributed by atoms with Crippen LogP contribution in [-0.2, 0) is 6.54 Å². The first-order valence-corrected chi connectivity index (χ1v) is 8.15. The van der Waals surface area contributed by atoms with Gasteiger partial charge >= 0.3 is 0 Å². The second-order valence-corrected chi connectivity index (χ2v) is 5.92. The number of hydrogen-bond acceptors (Lipinski definition) is 2. The lowest BCUT2D eigenvalue weighted by molar-refractivity contribution is 0.434. The molecule has 1 aromatic carbocycles. The first kappa shape index (κ1) is 14.3. The predicted octanol–water partition coefficient (Wildman–Crippen LogP) is 3.75. The molecular formula is C18H25N3. The molecule has 0 aliphatic heterocycles. The number of nitrogens with one attached hydrogen (secondary N) is 1. The SMILES string of the molecule is CCCNC(c1ccnn1CC)C1CC1c1ccccc1. The van der Waals surface area contributed by atoms with Gasteiger partial charge in [0, 0.05) is 12.7 Å². The lowest BCUT2D eigenvalue weighted by Gasteiger charge is -2.20. The van der Waals surface area contributed by atoms with Crippen LogP contribution in [0.2, 0.25) is 0 Å². The second kappa shape index (κ2) is 6.44. The van der Waals surface area contributed by atoms with Crippen LogP contribution in [0.4, 0.5) is 0 Å². The summed E-state index contributed by atoms with van der Waals surface area (Å²) in [5.74, 6) is 1.39. The number of aromatic nitrogens is 2. The molecule has 3 nitrogen and oxygen atoms in total. The topological polar surface area (TPSA) is 29.9 Å². The van der Waals surface area contributed by atoms with Crippen molar-refractivity contribution in [2.75, 3.05) is 6.54 Å². The average molecular weight is 283 g/mol. The van der Waals surface area contributed by atoms with Gasteiger partial charge in [0.25, 0.3) is 0 Å². The van der Waals surface area contributed by atoms with Crippen molar-refractivity contribution in [1.82, 2.24) is 15.1 Å². The Balaban J connectivity index is 1.78. The van der Waals surface area contributed by atoms with Crippen LogP contribution in [0.1, 0.15) is 49.9 Å². The van der Waals surface area contributed by atoms with Gasteiger partial charge in [-0.1, -0.05) is 37.3 Å². The Morgan fingerprint density at radius 2 is 2.05 bits per heavy atom. The monoisotopic (exact) mass is 283 g/mol. The summed E-state index contributed by atoms with van der Waals surface area (Å²) >= 11 is 0. The molecule has 1 aliphatic rings. The molecule has 2 aromatic rings. The zero-order valence-electron chi connectivity index (χ0n) is 13.0. The number of aryl methyl sites for hydroxylation is 1. The molecule has 0 radical (unpaired) electrons. The molecule has 1 heterocycles. The van der Waals surface area contributed by atoms with Gasteiger partial charge in [-0.2, -0.15) is 5.10 Å². The fourth-order valence-corrected chi connectivity index (χ4v) is 3.31. The normalized spacial score (nSPS) is 22.2. The maximum Gasteiger partial charge on any atom is 0.0556 e. The Hall–Kier alpha value is -1.61. The van der Waals surface area contributed by atoms with E-state index >= 15 is 0 Å². The highest BCUT2D eigenvalue weighted by atomic mass is 15.3. The zero-order chi connectivity index (χ0) is 14.7. The summed E-state index contributed by atoms with van der Waals surface area (Å²) in [6, 6.07) is 13.5. The van der Waals surface area contributed by atoms with E-state index in [9.17, 15) is 0 Å². The maximum atomic E-state index is 4.45. The van der Waals surface area contributed by atoms with Gasteiger partial charge in [0.05, 0.1) is 11.7 Å². The minimum Gasteiger partial charge on any atom is -0.308 e. The average Bonchev–Trinajstić information content (AvgIpc) is 3.18. The van der Waals surface area contributed by atoms with Crippen molar-refractivity contribution in [3.05, 3.63) is 53.9 Å². The first-order chi connectivity index (χ1) is 10.3. The van der Waals surface area contributed by atoms with Crippen LogP contribution in [0.5, 0.6) is 0 Å². The second-order valence-electron chi connectivity index (χ2n) is 5.92. The summed E-state index contributed by atoms with van der Waals surface area (Å²) in [6.45, 7) is 6.39. The quantitative estimate of drug-likeness (QED) is 0.838. The fraction of sp³-hybridized carbons (Fsp3) is 0.500. The van der Waals surface area contributed by atoms with E-state index in [4.69, 9.17) is 0 Å². The molecule has 1 fully saturated rings. The van der Waals surface area contributed by atoms with Gasteiger partial charge in [-0.25, -0.2) is 0 Å². The zero-order valence-corrected chi connectivity index (χ0v) is 13.0. The number of benzene rings is 1. The highest BCUT2D eigenvalue weighted by Gasteiger charge is 2.45. The Labute approximate surface area is 127 Å². The van der Waals surface area contributed by atoms with Crippen molar-refractivity contribution in [2.24, 2.45) is 5.92 Å². The van der Waals surface area contributed by atoms with Crippen LogP contribution in [0, 0.1) is 5.92 Å². The smallest absolute Gasteiger partial charge is 0.0556 e. The molecule has 21 heavy (non-hydrogen) atoms. The highest BCUT2D eigenvalue weighted by molar-refractivity contribution is 5.28. The summed E-state index contributed by atoms with van der Waals surface area (Å²) in [7, 11) is 0. The summed E-state index contributed by atoms with van der Waals surface area (Å²) in [6.07, 6.45) is 4.37. The molecule has 1 aliphatic carbocycles. The molecule has 0 spiro atoms. The van der Waals surface area contributed by atoms with Crippen molar-refractivity contribution in [1.29, 1.82) is 0 Å². The Kier molecular flexibility index (Phi) is 4.39. The van der Waals surface area contributed by atoms with Gasteiger partial charge in [0.1, 0.15) is 0 Å². The Morgan fingerprint density at radius 1 is 1.24 bits per heavy atom. The minimum atomic E-state index is 0.428. The van der Waals surface area contributed by atoms with Crippen molar-refractivity contribution >= 4 is 0 Å². The molecule has 0 amide bonds. The summed E-state index contributed by atoms with van der Waals surface area (Å²) in [4.78, 5) is 0. The molecule has 3 atom stereocenters. The molecule has 0 bridgehead atoms. The Bertz CT molecular complexity index is 561. The summed E-state index contributed by atoms with van der Waals surface area (Å²) < 4.78 is 2.13. The van der Waals surface area contributed by atoms with Crippen LogP contribution in [-0.4, -0.2) is 16.3 Å². The number of hydrogen-bond donors (Lipinski definition) is 1. The third kappa shape index (κ3) is 3.03. The molecule has 3 unspecified atom stereocenters. The molecule has 1 aromatic heterocycles. The molecule has 0 saturated heterocycles. The largest absolute Gasteiger partial charge is 0.308 e. The van der Waals surface area contributed by atoms with Crippen molar-refractivity contribution in [3.63, 3.8) is 0 Å². The van der Waals surface area contributed by atoms with E-state index in [0.717, 1.165) is 13.1 Å². The van der Waals surface area contributed by atoms with Crippen LogP contribution >= 0.6 is 0 Å². The van der Waals surface area contributed by atoms with E-state index in [1.165, 1.54) is 24.1 Å². The third-order valence-corrected chi connectivity index (χ3v) is 4.48. The minimum absolute atomic E-state index is 0.428. The molecule has 112 valence electrons. The molecule has 1 N–H and O–H groups in total. The van der Waals surface area contributed by atoms with E-state index in [-0.39, 0.29) is 0 Å². The lowest BCUT2D eigenvalue weighted by atomic mass is 10.0. The van der Waals surface area contributed by atoms with E-state index in [1.807, 2.05) is 6.20 Å². The van der Waals surface area contributed by atoms with E-state index in [2.05, 4.69) is 65.3 Å². The molecule has 3 heteroatoms. The van der Waals surface area contributed by atoms with Crippen LogP contribution < -0.4 is 5.32 Å².